The molecule has 1 aromatic rings. The number of aromatic nitrogens is 1. The van der Waals surface area contributed by atoms with E-state index in [4.69, 9.17) is 9.15 Å². The van der Waals surface area contributed by atoms with Gasteiger partial charge in [0.2, 0.25) is 5.89 Å². The molecule has 4 heteroatoms. The molecule has 0 aliphatic heterocycles. The van der Waals surface area contributed by atoms with Crippen molar-refractivity contribution in [2.24, 2.45) is 0 Å². The Kier molecular flexibility index (Phi) is 3.92. The van der Waals surface area contributed by atoms with E-state index in [-0.39, 0.29) is 0 Å². The van der Waals surface area contributed by atoms with Crippen molar-refractivity contribution in [3.05, 3.63) is 17.3 Å². The molecule has 0 radical (unpaired) electrons. The highest BCUT2D eigenvalue weighted by Crippen LogP contribution is 2.08. The van der Waals surface area contributed by atoms with Crippen molar-refractivity contribution >= 4 is 0 Å². The molecule has 0 amide bonds. The Bertz CT molecular complexity index is 239. The van der Waals surface area contributed by atoms with Crippen LogP contribution in [0.5, 0.6) is 0 Å². The predicted molar refractivity (Wildman–Crippen MR) is 49.6 cm³/mol. The lowest BCUT2D eigenvalue weighted by Crippen LogP contribution is -2.14. The second-order valence-corrected chi connectivity index (χ2v) is 2.91. The van der Waals surface area contributed by atoms with Gasteiger partial charge in [-0.1, -0.05) is 0 Å². The van der Waals surface area contributed by atoms with E-state index < -0.39 is 0 Å². The van der Waals surface area contributed by atoms with Crippen LogP contribution in [0.15, 0.2) is 4.42 Å². The molecular weight excluding hydrogens is 168 g/mol. The maximum Gasteiger partial charge on any atom is 0.220 e. The van der Waals surface area contributed by atoms with Crippen LogP contribution in [0.2, 0.25) is 0 Å². The van der Waals surface area contributed by atoms with Crippen molar-refractivity contribution in [2.45, 2.75) is 20.5 Å². The van der Waals surface area contributed by atoms with Gasteiger partial charge in [-0.15, -0.1) is 0 Å². The summed E-state index contributed by atoms with van der Waals surface area (Å²) in [4.78, 5) is 4.20. The minimum Gasteiger partial charge on any atom is -0.443 e. The molecule has 13 heavy (non-hydrogen) atoms. The molecule has 4 nitrogen and oxygen atoms in total. The lowest BCUT2D eigenvalue weighted by atomic mass is 10.4. The molecule has 1 aromatic heterocycles. The van der Waals surface area contributed by atoms with Crippen molar-refractivity contribution in [3.8, 4) is 0 Å². The van der Waals surface area contributed by atoms with Crippen LogP contribution in [-0.2, 0) is 11.3 Å². The molecule has 0 aliphatic carbocycles. The molecule has 1 rings (SSSR count). The number of ether oxygens (including phenoxy) is 1. The molecule has 0 fully saturated rings. The van der Waals surface area contributed by atoms with Gasteiger partial charge in [-0.2, -0.15) is 0 Å². The molecule has 0 saturated carbocycles. The second-order valence-electron chi connectivity index (χ2n) is 2.91. The summed E-state index contributed by atoms with van der Waals surface area (Å²) in [6, 6.07) is 0. The number of hydrogen-bond donors (Lipinski definition) is 1. The van der Waals surface area contributed by atoms with Gasteiger partial charge in [-0.05, 0) is 20.9 Å². The van der Waals surface area contributed by atoms with E-state index in [1.54, 1.807) is 0 Å². The zero-order chi connectivity index (χ0) is 9.68. The van der Waals surface area contributed by atoms with Crippen LogP contribution in [-0.4, -0.2) is 25.2 Å². The van der Waals surface area contributed by atoms with E-state index in [2.05, 4.69) is 10.3 Å². The third kappa shape index (κ3) is 3.16. The van der Waals surface area contributed by atoms with Crippen molar-refractivity contribution in [2.75, 3.05) is 20.2 Å². The summed E-state index contributed by atoms with van der Waals surface area (Å²) < 4.78 is 10.6. The van der Waals surface area contributed by atoms with Gasteiger partial charge in [0.15, 0.2) is 0 Å². The Hall–Kier alpha value is -0.870. The summed E-state index contributed by atoms with van der Waals surface area (Å²) >= 11 is 0. The molecular formula is C9H16N2O2. The normalized spacial score (nSPS) is 10.7. The second kappa shape index (κ2) is 4.99. The molecule has 0 atom stereocenters. The Morgan fingerprint density at radius 2 is 2.23 bits per heavy atom. The summed E-state index contributed by atoms with van der Waals surface area (Å²) in [7, 11) is 1.89. The highest BCUT2D eigenvalue weighted by Gasteiger charge is 2.04. The summed E-state index contributed by atoms with van der Waals surface area (Å²) in [5.41, 5.74) is 0.937. The SMILES string of the molecule is CNCCOCc1nc(C)c(C)o1. The maximum absolute atomic E-state index is 5.34. The first-order chi connectivity index (χ1) is 6.24. The fourth-order valence-electron chi connectivity index (χ4n) is 0.935. The Morgan fingerprint density at radius 1 is 1.46 bits per heavy atom. The van der Waals surface area contributed by atoms with E-state index >= 15 is 0 Å². The quantitative estimate of drug-likeness (QED) is 0.694. The third-order valence-corrected chi connectivity index (χ3v) is 1.79. The lowest BCUT2D eigenvalue weighted by Gasteiger charge is -1.99. The average molecular weight is 184 g/mol. The fourth-order valence-corrected chi connectivity index (χ4v) is 0.935. The third-order valence-electron chi connectivity index (χ3n) is 1.79. The van der Waals surface area contributed by atoms with Crippen molar-refractivity contribution < 1.29 is 9.15 Å². The molecule has 0 unspecified atom stereocenters. The standard InChI is InChI=1S/C9H16N2O2/c1-7-8(2)13-9(11-7)6-12-5-4-10-3/h10H,4-6H2,1-3H3. The van der Waals surface area contributed by atoms with Crippen LogP contribution in [0.1, 0.15) is 17.3 Å². The first-order valence-electron chi connectivity index (χ1n) is 4.39. The van der Waals surface area contributed by atoms with Gasteiger partial charge in [0, 0.05) is 6.54 Å². The first-order valence-corrected chi connectivity index (χ1v) is 4.39. The molecule has 0 bridgehead atoms. The van der Waals surface area contributed by atoms with Crippen LogP contribution in [0.25, 0.3) is 0 Å². The van der Waals surface area contributed by atoms with Crippen LogP contribution in [0.3, 0.4) is 0 Å². The van der Waals surface area contributed by atoms with Gasteiger partial charge in [0.05, 0.1) is 12.3 Å². The topological polar surface area (TPSA) is 47.3 Å². The Morgan fingerprint density at radius 3 is 2.77 bits per heavy atom. The number of aryl methyl sites for hydroxylation is 2. The average Bonchev–Trinajstić information content (AvgIpc) is 2.41. The van der Waals surface area contributed by atoms with Crippen LogP contribution >= 0.6 is 0 Å². The minimum absolute atomic E-state index is 0.455. The number of oxazole rings is 1. The molecule has 1 N–H and O–H groups in total. The zero-order valence-electron chi connectivity index (χ0n) is 8.39. The minimum atomic E-state index is 0.455. The maximum atomic E-state index is 5.34. The number of likely N-dealkylation sites (N-methyl/N-ethyl adjacent to an activating group) is 1. The van der Waals surface area contributed by atoms with Crippen molar-refractivity contribution in [3.63, 3.8) is 0 Å². The van der Waals surface area contributed by atoms with Gasteiger partial charge < -0.3 is 14.5 Å². The summed E-state index contributed by atoms with van der Waals surface area (Å²) in [6.45, 7) is 5.81. The number of nitrogens with one attached hydrogen (secondary N) is 1. The number of nitrogens with zero attached hydrogens (tertiary/aromatic N) is 1. The van der Waals surface area contributed by atoms with E-state index in [9.17, 15) is 0 Å². The number of rotatable bonds is 5. The summed E-state index contributed by atoms with van der Waals surface area (Å²) in [5.74, 6) is 1.53. The fraction of sp³-hybridized carbons (Fsp3) is 0.667. The van der Waals surface area contributed by atoms with Gasteiger partial charge in [-0.3, -0.25) is 0 Å². The van der Waals surface area contributed by atoms with Crippen molar-refractivity contribution in [1.29, 1.82) is 0 Å². The molecule has 0 spiro atoms. The van der Waals surface area contributed by atoms with Gasteiger partial charge >= 0.3 is 0 Å². The summed E-state index contributed by atoms with van der Waals surface area (Å²) in [5, 5.41) is 2.99. The largest absolute Gasteiger partial charge is 0.443 e. The zero-order valence-corrected chi connectivity index (χ0v) is 8.39. The van der Waals surface area contributed by atoms with Crippen LogP contribution in [0, 0.1) is 13.8 Å². The van der Waals surface area contributed by atoms with Gasteiger partial charge in [0.1, 0.15) is 12.4 Å². The molecule has 0 saturated heterocycles. The van der Waals surface area contributed by atoms with Crippen molar-refractivity contribution in [1.82, 2.24) is 10.3 Å². The van der Waals surface area contributed by atoms with E-state index in [0.29, 0.717) is 19.1 Å². The lowest BCUT2D eigenvalue weighted by molar-refractivity contribution is 0.105. The Labute approximate surface area is 78.3 Å². The first kappa shape index (κ1) is 10.2. The molecule has 0 aromatic carbocycles. The number of hydrogen-bond acceptors (Lipinski definition) is 4. The smallest absolute Gasteiger partial charge is 0.220 e. The van der Waals surface area contributed by atoms with E-state index in [1.165, 1.54) is 0 Å². The predicted octanol–water partition coefficient (Wildman–Crippen LogP) is 1.03. The highest BCUT2D eigenvalue weighted by molar-refractivity contribution is 5.04. The molecule has 1 heterocycles. The van der Waals surface area contributed by atoms with Crippen LogP contribution in [0.4, 0.5) is 0 Å². The van der Waals surface area contributed by atoms with E-state index in [1.807, 2.05) is 20.9 Å². The van der Waals surface area contributed by atoms with Gasteiger partial charge in [0.25, 0.3) is 0 Å². The van der Waals surface area contributed by atoms with Gasteiger partial charge in [-0.25, -0.2) is 4.98 Å². The monoisotopic (exact) mass is 184 g/mol. The summed E-state index contributed by atoms with van der Waals surface area (Å²) in [6.07, 6.45) is 0. The highest BCUT2D eigenvalue weighted by atomic mass is 16.5. The Balaban J connectivity index is 2.29. The van der Waals surface area contributed by atoms with E-state index in [0.717, 1.165) is 18.0 Å². The molecule has 0 aliphatic rings. The van der Waals surface area contributed by atoms with Crippen LogP contribution < -0.4 is 5.32 Å². The molecule has 74 valence electrons.